The van der Waals surface area contributed by atoms with Crippen molar-refractivity contribution in [3.63, 3.8) is 0 Å². The Labute approximate surface area is 111 Å². The summed E-state index contributed by atoms with van der Waals surface area (Å²) in [5.41, 5.74) is 0.816. The molecule has 1 aromatic rings. The molecule has 2 rings (SSSR count). The second kappa shape index (κ2) is 6.54. The Morgan fingerprint density at radius 2 is 2.22 bits per heavy atom. The van der Waals surface area contributed by atoms with Gasteiger partial charge in [-0.1, -0.05) is 11.2 Å². The van der Waals surface area contributed by atoms with Gasteiger partial charge in [-0.15, -0.1) is 11.3 Å². The summed E-state index contributed by atoms with van der Waals surface area (Å²) in [5, 5.41) is 5.97. The molecule has 98 valence electrons. The Kier molecular flexibility index (Phi) is 4.75. The Hall–Kier alpha value is -1.36. The first-order valence-electron chi connectivity index (χ1n) is 6.25. The minimum atomic E-state index is 0.0393. The van der Waals surface area contributed by atoms with Crippen LogP contribution in [0.3, 0.4) is 0 Å². The lowest BCUT2D eigenvalue weighted by Gasteiger charge is -2.26. The van der Waals surface area contributed by atoms with Crippen LogP contribution in [0, 0.1) is 0 Å². The number of nitrogens with zero attached hydrogens (tertiary/aromatic N) is 2. The number of likely N-dealkylation sites (tertiary alicyclic amines) is 1. The molecule has 2 heterocycles. The van der Waals surface area contributed by atoms with Gasteiger partial charge in [0.25, 0.3) is 5.91 Å². The highest BCUT2D eigenvalue weighted by atomic mass is 32.1. The fraction of sp³-hybridized carbons (Fsp3) is 0.538. The van der Waals surface area contributed by atoms with Crippen LogP contribution >= 0.6 is 11.3 Å². The molecule has 0 bridgehead atoms. The summed E-state index contributed by atoms with van der Waals surface area (Å²) in [6, 6.07) is 3.96. The molecule has 1 aromatic heterocycles. The zero-order valence-corrected chi connectivity index (χ0v) is 11.4. The Morgan fingerprint density at radius 1 is 1.44 bits per heavy atom. The molecular formula is C13H18N2O2S. The number of hydrogen-bond acceptors (Lipinski definition) is 4. The first-order valence-corrected chi connectivity index (χ1v) is 7.13. The number of thiophene rings is 1. The van der Waals surface area contributed by atoms with Crippen LogP contribution in [0.15, 0.2) is 22.7 Å². The topological polar surface area (TPSA) is 41.9 Å². The largest absolute Gasteiger partial charge is 0.385 e. The molecule has 0 spiro atoms. The third-order valence-corrected chi connectivity index (χ3v) is 3.95. The number of rotatable bonds is 4. The molecule has 1 aliphatic rings. The molecule has 1 fully saturated rings. The highest BCUT2D eigenvalue weighted by Gasteiger charge is 2.16. The van der Waals surface area contributed by atoms with Crippen LogP contribution in [-0.4, -0.2) is 36.2 Å². The van der Waals surface area contributed by atoms with E-state index in [0.29, 0.717) is 0 Å². The third kappa shape index (κ3) is 3.57. The SMILES string of the molecule is C/C(=N\OCC(=O)N1CCCCC1)c1cccs1. The van der Waals surface area contributed by atoms with Crippen LogP contribution in [0.5, 0.6) is 0 Å². The van der Waals surface area contributed by atoms with Crippen LogP contribution in [0.4, 0.5) is 0 Å². The molecule has 18 heavy (non-hydrogen) atoms. The van der Waals surface area contributed by atoms with E-state index >= 15 is 0 Å². The molecule has 1 amide bonds. The molecule has 0 unspecified atom stereocenters. The summed E-state index contributed by atoms with van der Waals surface area (Å²) >= 11 is 1.61. The summed E-state index contributed by atoms with van der Waals surface area (Å²) in [7, 11) is 0. The second-order valence-electron chi connectivity index (χ2n) is 4.37. The Morgan fingerprint density at radius 3 is 2.89 bits per heavy atom. The predicted molar refractivity (Wildman–Crippen MR) is 72.9 cm³/mol. The summed E-state index contributed by atoms with van der Waals surface area (Å²) < 4.78 is 0. The zero-order valence-electron chi connectivity index (χ0n) is 10.6. The fourth-order valence-corrected chi connectivity index (χ4v) is 2.62. The van der Waals surface area contributed by atoms with Gasteiger partial charge in [0.05, 0.1) is 10.6 Å². The van der Waals surface area contributed by atoms with Gasteiger partial charge < -0.3 is 9.74 Å². The van der Waals surface area contributed by atoms with Gasteiger partial charge in [-0.3, -0.25) is 4.79 Å². The van der Waals surface area contributed by atoms with E-state index in [-0.39, 0.29) is 12.5 Å². The number of hydrogen-bond donors (Lipinski definition) is 0. The Bertz CT molecular complexity index is 409. The first kappa shape index (κ1) is 13.1. The Balaban J connectivity index is 1.77. The molecule has 0 N–H and O–H groups in total. The molecule has 4 nitrogen and oxygen atoms in total. The van der Waals surface area contributed by atoms with Crippen LogP contribution in [-0.2, 0) is 9.63 Å². The van der Waals surface area contributed by atoms with Crippen molar-refractivity contribution in [1.29, 1.82) is 0 Å². The maximum absolute atomic E-state index is 11.8. The molecular weight excluding hydrogens is 248 g/mol. The highest BCUT2D eigenvalue weighted by Crippen LogP contribution is 2.11. The van der Waals surface area contributed by atoms with Gasteiger partial charge >= 0.3 is 0 Å². The van der Waals surface area contributed by atoms with E-state index in [1.54, 1.807) is 11.3 Å². The molecule has 5 heteroatoms. The van der Waals surface area contributed by atoms with Gasteiger partial charge in [-0.05, 0) is 37.6 Å². The van der Waals surface area contributed by atoms with E-state index in [9.17, 15) is 4.79 Å². The molecule has 0 aromatic carbocycles. The normalized spacial score (nSPS) is 16.7. The van der Waals surface area contributed by atoms with Crippen LogP contribution in [0.25, 0.3) is 0 Å². The van der Waals surface area contributed by atoms with E-state index in [2.05, 4.69) is 5.16 Å². The van der Waals surface area contributed by atoms with Crippen molar-refractivity contribution in [3.05, 3.63) is 22.4 Å². The fourth-order valence-electron chi connectivity index (χ4n) is 1.95. The molecule has 0 atom stereocenters. The van der Waals surface area contributed by atoms with E-state index in [1.807, 2.05) is 29.3 Å². The van der Waals surface area contributed by atoms with Crippen molar-refractivity contribution in [2.24, 2.45) is 5.16 Å². The molecule has 0 radical (unpaired) electrons. The summed E-state index contributed by atoms with van der Waals surface area (Å²) in [6.07, 6.45) is 3.42. The maximum atomic E-state index is 11.8. The smallest absolute Gasteiger partial charge is 0.263 e. The second-order valence-corrected chi connectivity index (χ2v) is 5.32. The van der Waals surface area contributed by atoms with Crippen molar-refractivity contribution in [3.8, 4) is 0 Å². The lowest BCUT2D eigenvalue weighted by molar-refractivity contribution is -0.137. The van der Waals surface area contributed by atoms with Crippen molar-refractivity contribution in [2.75, 3.05) is 19.7 Å². The van der Waals surface area contributed by atoms with E-state index in [0.717, 1.165) is 36.5 Å². The van der Waals surface area contributed by atoms with Crippen molar-refractivity contribution in [2.45, 2.75) is 26.2 Å². The van der Waals surface area contributed by atoms with Crippen LogP contribution < -0.4 is 0 Å². The minimum absolute atomic E-state index is 0.0393. The van der Waals surface area contributed by atoms with E-state index < -0.39 is 0 Å². The van der Waals surface area contributed by atoms with Crippen molar-refractivity contribution < 1.29 is 9.63 Å². The quantitative estimate of drug-likeness (QED) is 0.620. The van der Waals surface area contributed by atoms with Gasteiger partial charge in [0.1, 0.15) is 0 Å². The number of oxime groups is 1. The summed E-state index contributed by atoms with van der Waals surface area (Å²) in [5.74, 6) is 0.0393. The lowest BCUT2D eigenvalue weighted by Crippen LogP contribution is -2.37. The average Bonchev–Trinajstić information content (AvgIpc) is 2.93. The molecule has 1 aliphatic heterocycles. The minimum Gasteiger partial charge on any atom is -0.385 e. The lowest BCUT2D eigenvalue weighted by atomic mass is 10.1. The van der Waals surface area contributed by atoms with Crippen LogP contribution in [0.1, 0.15) is 31.1 Å². The monoisotopic (exact) mass is 266 g/mol. The molecule has 1 saturated heterocycles. The van der Waals surface area contributed by atoms with Gasteiger partial charge in [-0.2, -0.15) is 0 Å². The standard InChI is InChI=1S/C13H18N2O2S/c1-11(12-6-5-9-18-12)14-17-10-13(16)15-7-3-2-4-8-15/h5-6,9H,2-4,7-8,10H2,1H3/b14-11+. The number of amides is 1. The summed E-state index contributed by atoms with van der Waals surface area (Å²) in [4.78, 5) is 19.9. The third-order valence-electron chi connectivity index (χ3n) is 2.98. The summed E-state index contributed by atoms with van der Waals surface area (Å²) in [6.45, 7) is 3.64. The predicted octanol–water partition coefficient (Wildman–Crippen LogP) is 2.50. The number of carbonyl (C=O) groups excluding carboxylic acids is 1. The maximum Gasteiger partial charge on any atom is 0.263 e. The molecule has 0 aliphatic carbocycles. The van der Waals surface area contributed by atoms with Gasteiger partial charge in [0, 0.05) is 13.1 Å². The van der Waals surface area contributed by atoms with E-state index in [1.165, 1.54) is 6.42 Å². The zero-order chi connectivity index (χ0) is 12.8. The van der Waals surface area contributed by atoms with Gasteiger partial charge in [0.15, 0.2) is 6.61 Å². The number of piperidine rings is 1. The van der Waals surface area contributed by atoms with Gasteiger partial charge in [-0.25, -0.2) is 0 Å². The van der Waals surface area contributed by atoms with Crippen molar-refractivity contribution in [1.82, 2.24) is 4.90 Å². The van der Waals surface area contributed by atoms with Crippen LogP contribution in [0.2, 0.25) is 0 Å². The van der Waals surface area contributed by atoms with Gasteiger partial charge in [0.2, 0.25) is 0 Å². The van der Waals surface area contributed by atoms with Crippen molar-refractivity contribution >= 4 is 23.0 Å². The first-order chi connectivity index (χ1) is 8.77. The number of carbonyl (C=O) groups is 1. The highest BCUT2D eigenvalue weighted by molar-refractivity contribution is 7.12. The average molecular weight is 266 g/mol. The van der Waals surface area contributed by atoms with E-state index in [4.69, 9.17) is 4.84 Å². The molecule has 0 saturated carbocycles.